The van der Waals surface area contributed by atoms with Crippen LogP contribution in [0.5, 0.6) is 0 Å². The summed E-state index contributed by atoms with van der Waals surface area (Å²) in [6.45, 7) is 0. The minimum atomic E-state index is -0.551. The van der Waals surface area contributed by atoms with Gasteiger partial charge in [-0.3, -0.25) is 9.59 Å². The molecule has 1 aromatic heterocycles. The Bertz CT molecular complexity index is 2110. The molecule has 0 bridgehead atoms. The predicted octanol–water partition coefficient (Wildman–Crippen LogP) is 9.36. The molecule has 9 rings (SSSR count). The van der Waals surface area contributed by atoms with E-state index >= 15 is 0 Å². The number of fused-ring (bicyclic) bond motifs is 10. The Hall–Kier alpha value is -5.32. The number of rotatable bonds is 2. The van der Waals surface area contributed by atoms with Crippen molar-refractivity contribution in [3.05, 3.63) is 177 Å². The number of anilines is 3. The zero-order chi connectivity index (χ0) is 28.7. The van der Waals surface area contributed by atoms with Crippen LogP contribution in [-0.2, 0) is 5.41 Å². The molecule has 0 saturated carbocycles. The molecule has 0 radical (unpaired) electrons. The molecule has 0 unspecified atom stereocenters. The van der Waals surface area contributed by atoms with Crippen LogP contribution in [-0.4, -0.2) is 11.6 Å². The third-order valence-corrected chi connectivity index (χ3v) is 10.1. The zero-order valence-corrected chi connectivity index (χ0v) is 23.8. The molecule has 5 aromatic carbocycles. The van der Waals surface area contributed by atoms with Crippen LogP contribution in [0.15, 0.2) is 139 Å². The van der Waals surface area contributed by atoms with E-state index in [9.17, 15) is 9.59 Å². The fourth-order valence-corrected chi connectivity index (χ4v) is 8.53. The molecule has 0 amide bonds. The number of ketones is 2. The van der Waals surface area contributed by atoms with Gasteiger partial charge < -0.3 is 4.90 Å². The number of hydrogen-bond donors (Lipinski definition) is 0. The molecule has 43 heavy (non-hydrogen) atoms. The number of hydrogen-bond acceptors (Lipinski definition) is 4. The van der Waals surface area contributed by atoms with E-state index < -0.39 is 5.41 Å². The second-order valence-electron chi connectivity index (χ2n) is 11.2. The Labute approximate surface area is 253 Å². The maximum absolute atomic E-state index is 13.4. The quantitative estimate of drug-likeness (QED) is 0.154. The molecule has 3 nitrogen and oxygen atoms in total. The summed E-state index contributed by atoms with van der Waals surface area (Å²) in [5.74, 6) is -0.414. The summed E-state index contributed by atoms with van der Waals surface area (Å²) in [7, 11) is 0. The number of benzene rings is 5. The lowest BCUT2D eigenvalue weighted by atomic mass is 9.66. The number of Topliss-reactive ketones (excluding diaryl/α,β-unsaturated/α-hetero) is 2. The van der Waals surface area contributed by atoms with Gasteiger partial charge >= 0.3 is 0 Å². The molecule has 2 heterocycles. The summed E-state index contributed by atoms with van der Waals surface area (Å²) in [6.07, 6.45) is 1.81. The van der Waals surface area contributed by atoms with E-state index in [1.54, 1.807) is 23.5 Å². The van der Waals surface area contributed by atoms with Gasteiger partial charge in [0.05, 0.1) is 16.7 Å². The Kier molecular flexibility index (Phi) is 4.99. The van der Waals surface area contributed by atoms with Crippen molar-refractivity contribution in [2.24, 2.45) is 0 Å². The van der Waals surface area contributed by atoms with Gasteiger partial charge in [0.1, 0.15) is 5.00 Å². The van der Waals surface area contributed by atoms with Gasteiger partial charge in [-0.15, -0.1) is 11.3 Å². The molecular formula is C39H23NO2S. The molecule has 6 aromatic rings. The third-order valence-electron chi connectivity index (χ3n) is 9.05. The van der Waals surface area contributed by atoms with Crippen LogP contribution in [0.2, 0.25) is 0 Å². The smallest absolute Gasteiger partial charge is 0.197 e. The van der Waals surface area contributed by atoms with Crippen molar-refractivity contribution in [2.45, 2.75) is 5.41 Å². The van der Waals surface area contributed by atoms with E-state index in [2.05, 4.69) is 108 Å². The van der Waals surface area contributed by atoms with E-state index in [1.807, 2.05) is 24.3 Å². The van der Waals surface area contributed by atoms with E-state index in [0.29, 0.717) is 11.1 Å². The zero-order valence-electron chi connectivity index (χ0n) is 23.0. The standard InChI is InChI=1S/C39H23NO2S/c41-36-28-16-4-5-17-29(28)37(42)30(36)22-25-23-34-38(43-25)40(24-12-2-1-3-13-24)35-21-11-10-20-33(35)39(34)31-18-8-6-14-26(31)27-15-7-9-19-32(27)39/h1-23H. The molecule has 4 heteroatoms. The molecular weight excluding hydrogens is 547 g/mol. The minimum absolute atomic E-state index is 0.207. The van der Waals surface area contributed by atoms with Crippen LogP contribution in [0.4, 0.5) is 16.4 Å². The third kappa shape index (κ3) is 3.13. The van der Waals surface area contributed by atoms with Crippen molar-refractivity contribution in [3.8, 4) is 11.1 Å². The van der Waals surface area contributed by atoms with Crippen molar-refractivity contribution in [1.29, 1.82) is 0 Å². The molecule has 1 aliphatic heterocycles. The average molecular weight is 570 g/mol. The van der Waals surface area contributed by atoms with Gasteiger partial charge in [-0.25, -0.2) is 0 Å². The monoisotopic (exact) mass is 569 g/mol. The van der Waals surface area contributed by atoms with Gasteiger partial charge in [0.15, 0.2) is 11.6 Å². The Morgan fingerprint density at radius 1 is 0.535 bits per heavy atom. The normalized spacial score (nSPS) is 15.2. The molecule has 202 valence electrons. The fraction of sp³-hybridized carbons (Fsp3) is 0.0256. The molecule has 1 spiro atoms. The first-order valence-electron chi connectivity index (χ1n) is 14.4. The lowest BCUT2D eigenvalue weighted by Crippen LogP contribution is -2.35. The number of carbonyl (C=O) groups excluding carboxylic acids is 2. The van der Waals surface area contributed by atoms with Crippen molar-refractivity contribution >= 4 is 45.4 Å². The van der Waals surface area contributed by atoms with Gasteiger partial charge in [0, 0.05) is 27.3 Å². The molecule has 2 aliphatic carbocycles. The van der Waals surface area contributed by atoms with Crippen LogP contribution < -0.4 is 4.90 Å². The first kappa shape index (κ1) is 24.3. The number of carbonyl (C=O) groups is 2. The van der Waals surface area contributed by atoms with Gasteiger partial charge in [0.25, 0.3) is 0 Å². The van der Waals surface area contributed by atoms with Gasteiger partial charge in [0.2, 0.25) is 0 Å². The van der Waals surface area contributed by atoms with E-state index in [-0.39, 0.29) is 17.1 Å². The number of nitrogens with zero attached hydrogens (tertiary/aromatic N) is 1. The second-order valence-corrected chi connectivity index (χ2v) is 12.2. The largest absolute Gasteiger partial charge is 0.301 e. The molecule has 3 aliphatic rings. The Morgan fingerprint density at radius 3 is 1.67 bits per heavy atom. The number of allylic oxidation sites excluding steroid dienone is 1. The van der Waals surface area contributed by atoms with Gasteiger partial charge in [-0.05, 0) is 58.2 Å². The van der Waals surface area contributed by atoms with Crippen molar-refractivity contribution in [3.63, 3.8) is 0 Å². The highest BCUT2D eigenvalue weighted by atomic mass is 32.1. The summed E-state index contributed by atoms with van der Waals surface area (Å²) >= 11 is 1.63. The number of thiophene rings is 1. The van der Waals surface area contributed by atoms with Crippen molar-refractivity contribution in [1.82, 2.24) is 0 Å². The lowest BCUT2D eigenvalue weighted by Gasteiger charge is -2.43. The molecule has 0 saturated heterocycles. The summed E-state index contributed by atoms with van der Waals surface area (Å²) < 4.78 is 0. The van der Waals surface area contributed by atoms with E-state index in [4.69, 9.17) is 0 Å². The van der Waals surface area contributed by atoms with E-state index in [1.165, 1.54) is 27.8 Å². The lowest BCUT2D eigenvalue weighted by molar-refractivity contribution is 0.0990. The van der Waals surface area contributed by atoms with E-state index in [0.717, 1.165) is 26.8 Å². The Balaban J connectivity index is 1.37. The SMILES string of the molecule is O=C1C(=Cc2cc3c(s2)N(c2ccccc2)c2ccccc2C32c3ccccc3-c3ccccc32)C(=O)c2ccccc21. The molecule has 0 atom stereocenters. The van der Waals surface area contributed by atoms with Crippen molar-refractivity contribution in [2.75, 3.05) is 4.90 Å². The number of para-hydroxylation sites is 2. The molecule has 0 fully saturated rings. The first-order valence-corrected chi connectivity index (χ1v) is 15.2. The first-order chi connectivity index (χ1) is 21.2. The minimum Gasteiger partial charge on any atom is -0.301 e. The van der Waals surface area contributed by atoms with Gasteiger partial charge in [-0.2, -0.15) is 0 Å². The topological polar surface area (TPSA) is 37.4 Å². The average Bonchev–Trinajstić information content (AvgIpc) is 3.69. The predicted molar refractivity (Wildman–Crippen MR) is 173 cm³/mol. The summed E-state index contributed by atoms with van der Waals surface area (Å²) in [5, 5.41) is 1.08. The Morgan fingerprint density at radius 2 is 1.05 bits per heavy atom. The summed E-state index contributed by atoms with van der Waals surface area (Å²) in [5.41, 5.74) is 10.1. The fourth-order valence-electron chi connectivity index (χ4n) is 7.34. The van der Waals surface area contributed by atoms with Crippen LogP contribution in [0.3, 0.4) is 0 Å². The van der Waals surface area contributed by atoms with Crippen molar-refractivity contribution < 1.29 is 9.59 Å². The van der Waals surface area contributed by atoms with Crippen LogP contribution >= 0.6 is 11.3 Å². The highest BCUT2D eigenvalue weighted by molar-refractivity contribution is 7.17. The molecule has 0 N–H and O–H groups in total. The maximum Gasteiger partial charge on any atom is 0.197 e. The summed E-state index contributed by atoms with van der Waals surface area (Å²) in [6, 6.07) is 45.8. The highest BCUT2D eigenvalue weighted by Crippen LogP contribution is 2.64. The van der Waals surface area contributed by atoms with Gasteiger partial charge in [-0.1, -0.05) is 109 Å². The highest BCUT2D eigenvalue weighted by Gasteiger charge is 2.52. The van der Waals surface area contributed by atoms with Crippen LogP contribution in [0, 0.1) is 0 Å². The second kappa shape index (κ2) is 8.84. The van der Waals surface area contributed by atoms with Crippen LogP contribution in [0.25, 0.3) is 17.2 Å². The maximum atomic E-state index is 13.4. The van der Waals surface area contributed by atoms with Crippen LogP contribution in [0.1, 0.15) is 47.8 Å². The summed E-state index contributed by atoms with van der Waals surface area (Å²) in [4.78, 5) is 30.0.